The molecular weight excluding hydrogens is 288 g/mol. The second-order valence-electron chi connectivity index (χ2n) is 6.22. The van der Waals surface area contributed by atoms with E-state index in [9.17, 15) is 9.59 Å². The first-order valence-corrected chi connectivity index (χ1v) is 8.60. The van der Waals surface area contributed by atoms with Gasteiger partial charge in [-0.2, -0.15) is 0 Å². The van der Waals surface area contributed by atoms with Crippen molar-refractivity contribution >= 4 is 17.5 Å². The monoisotopic (exact) mass is 318 g/mol. The van der Waals surface area contributed by atoms with Crippen LogP contribution in [0.15, 0.2) is 24.3 Å². The van der Waals surface area contributed by atoms with Gasteiger partial charge in [-0.05, 0) is 30.0 Å². The van der Waals surface area contributed by atoms with Crippen LogP contribution in [0.2, 0.25) is 0 Å². The first-order valence-electron chi connectivity index (χ1n) is 8.60. The van der Waals surface area contributed by atoms with Gasteiger partial charge in [-0.1, -0.05) is 45.7 Å². The van der Waals surface area contributed by atoms with E-state index in [-0.39, 0.29) is 11.8 Å². The largest absolute Gasteiger partial charge is 0.356 e. The van der Waals surface area contributed by atoms with E-state index < -0.39 is 0 Å². The highest BCUT2D eigenvalue weighted by Gasteiger charge is 2.13. The Labute approximate surface area is 140 Å². The maximum absolute atomic E-state index is 11.9. The molecule has 0 aromatic heterocycles. The van der Waals surface area contributed by atoms with Crippen molar-refractivity contribution < 1.29 is 9.59 Å². The van der Waals surface area contributed by atoms with Crippen LogP contribution >= 0.6 is 0 Å². The van der Waals surface area contributed by atoms with E-state index in [1.54, 1.807) is 4.90 Å². The van der Waals surface area contributed by atoms with Gasteiger partial charge in [0.25, 0.3) is 0 Å². The first-order chi connectivity index (χ1) is 11.0. The summed E-state index contributed by atoms with van der Waals surface area (Å²) in [5.74, 6) is 0.427. The molecule has 1 aromatic carbocycles. The predicted octanol–water partition coefficient (Wildman–Crippen LogP) is 3.86. The molecular formula is C19H30N2O2. The van der Waals surface area contributed by atoms with Gasteiger partial charge in [0.15, 0.2) is 0 Å². The van der Waals surface area contributed by atoms with Gasteiger partial charge in [0, 0.05) is 32.1 Å². The number of amides is 2. The Kier molecular flexibility index (Phi) is 8.38. The molecule has 4 heteroatoms. The third-order valence-electron chi connectivity index (χ3n) is 3.92. The lowest BCUT2D eigenvalue weighted by atomic mass is 10.0. The summed E-state index contributed by atoms with van der Waals surface area (Å²) in [6, 6.07) is 7.99. The predicted molar refractivity (Wildman–Crippen MR) is 95.7 cm³/mol. The standard InChI is InChI=1S/C19H30N2O2/c1-5-6-7-13-20-19(23)12-14-21(16(4)22)18-10-8-17(9-11-18)15(2)3/h8-11,15H,5-7,12-14H2,1-4H3,(H,20,23). The third-order valence-corrected chi connectivity index (χ3v) is 3.92. The maximum Gasteiger partial charge on any atom is 0.223 e. The van der Waals surface area contributed by atoms with Gasteiger partial charge in [0.1, 0.15) is 0 Å². The normalized spacial score (nSPS) is 10.7. The summed E-state index contributed by atoms with van der Waals surface area (Å²) in [7, 11) is 0. The molecule has 1 rings (SSSR count). The topological polar surface area (TPSA) is 49.4 Å². The number of anilines is 1. The number of hydrogen-bond acceptors (Lipinski definition) is 2. The van der Waals surface area contributed by atoms with Crippen LogP contribution in [-0.4, -0.2) is 24.9 Å². The zero-order valence-corrected chi connectivity index (χ0v) is 14.9. The third kappa shape index (κ3) is 6.85. The summed E-state index contributed by atoms with van der Waals surface area (Å²) in [6.07, 6.45) is 3.61. The van der Waals surface area contributed by atoms with E-state index in [4.69, 9.17) is 0 Å². The second kappa shape index (κ2) is 10.0. The van der Waals surface area contributed by atoms with Crippen molar-refractivity contribution in [1.82, 2.24) is 5.32 Å². The van der Waals surface area contributed by atoms with Gasteiger partial charge < -0.3 is 10.2 Å². The molecule has 0 atom stereocenters. The molecule has 0 radical (unpaired) electrons. The molecule has 0 aliphatic heterocycles. The fourth-order valence-electron chi connectivity index (χ4n) is 2.41. The number of carbonyl (C=O) groups excluding carboxylic acids is 2. The first kappa shape index (κ1) is 19.2. The Hall–Kier alpha value is -1.84. The quantitative estimate of drug-likeness (QED) is 0.703. The molecule has 0 saturated carbocycles. The van der Waals surface area contributed by atoms with Gasteiger partial charge in [-0.15, -0.1) is 0 Å². The molecule has 128 valence electrons. The minimum atomic E-state index is -0.0407. The number of rotatable bonds is 9. The highest BCUT2D eigenvalue weighted by Crippen LogP contribution is 2.20. The smallest absolute Gasteiger partial charge is 0.223 e. The summed E-state index contributed by atoms with van der Waals surface area (Å²) in [5.41, 5.74) is 2.09. The molecule has 0 bridgehead atoms. The lowest BCUT2D eigenvalue weighted by Crippen LogP contribution is -2.34. The number of carbonyl (C=O) groups is 2. The Morgan fingerprint density at radius 2 is 1.78 bits per heavy atom. The van der Waals surface area contributed by atoms with Crippen LogP contribution in [0.1, 0.15) is 64.9 Å². The zero-order chi connectivity index (χ0) is 17.2. The average molecular weight is 318 g/mol. The van der Waals surface area contributed by atoms with E-state index in [1.165, 1.54) is 12.5 Å². The molecule has 0 heterocycles. The Balaban J connectivity index is 2.55. The SMILES string of the molecule is CCCCCNC(=O)CCN(C(C)=O)c1ccc(C(C)C)cc1. The molecule has 0 unspecified atom stereocenters. The molecule has 0 aliphatic rings. The number of unbranched alkanes of at least 4 members (excludes halogenated alkanes) is 2. The molecule has 4 nitrogen and oxygen atoms in total. The summed E-state index contributed by atoms with van der Waals surface area (Å²) < 4.78 is 0. The van der Waals surface area contributed by atoms with Crippen LogP contribution < -0.4 is 10.2 Å². The van der Waals surface area contributed by atoms with E-state index in [0.29, 0.717) is 18.9 Å². The Morgan fingerprint density at radius 1 is 1.13 bits per heavy atom. The van der Waals surface area contributed by atoms with E-state index in [1.807, 2.05) is 24.3 Å². The fourth-order valence-corrected chi connectivity index (χ4v) is 2.41. The Bertz CT molecular complexity index is 495. The van der Waals surface area contributed by atoms with E-state index in [0.717, 1.165) is 31.5 Å². The van der Waals surface area contributed by atoms with Crippen LogP contribution in [0.25, 0.3) is 0 Å². The molecule has 0 fully saturated rings. The van der Waals surface area contributed by atoms with Crippen LogP contribution in [-0.2, 0) is 9.59 Å². The van der Waals surface area contributed by atoms with Gasteiger partial charge in [0.2, 0.25) is 11.8 Å². The number of nitrogens with one attached hydrogen (secondary N) is 1. The molecule has 0 aliphatic carbocycles. The molecule has 0 spiro atoms. The van der Waals surface area contributed by atoms with Crippen molar-refractivity contribution in [2.24, 2.45) is 0 Å². The maximum atomic E-state index is 11.9. The van der Waals surface area contributed by atoms with E-state index >= 15 is 0 Å². The van der Waals surface area contributed by atoms with Crippen LogP contribution in [0.4, 0.5) is 5.69 Å². The summed E-state index contributed by atoms with van der Waals surface area (Å²) >= 11 is 0. The van der Waals surface area contributed by atoms with Gasteiger partial charge >= 0.3 is 0 Å². The van der Waals surface area contributed by atoms with Crippen LogP contribution in [0.5, 0.6) is 0 Å². The van der Waals surface area contributed by atoms with Crippen molar-refractivity contribution in [3.05, 3.63) is 29.8 Å². The molecule has 0 saturated heterocycles. The van der Waals surface area contributed by atoms with Crippen LogP contribution in [0, 0.1) is 0 Å². The van der Waals surface area contributed by atoms with E-state index in [2.05, 4.69) is 26.1 Å². The average Bonchev–Trinajstić information content (AvgIpc) is 2.52. The van der Waals surface area contributed by atoms with Gasteiger partial charge in [0.05, 0.1) is 0 Å². The second-order valence-corrected chi connectivity index (χ2v) is 6.22. The summed E-state index contributed by atoms with van der Waals surface area (Å²) in [4.78, 5) is 25.4. The molecule has 1 N–H and O–H groups in total. The zero-order valence-electron chi connectivity index (χ0n) is 14.9. The van der Waals surface area contributed by atoms with Gasteiger partial charge in [-0.3, -0.25) is 9.59 Å². The summed E-state index contributed by atoms with van der Waals surface area (Å²) in [6.45, 7) is 9.08. The van der Waals surface area contributed by atoms with Crippen molar-refractivity contribution in [2.75, 3.05) is 18.0 Å². The highest BCUT2D eigenvalue weighted by atomic mass is 16.2. The van der Waals surface area contributed by atoms with Crippen molar-refractivity contribution in [2.45, 2.75) is 59.3 Å². The number of nitrogens with zero attached hydrogens (tertiary/aromatic N) is 1. The number of hydrogen-bond donors (Lipinski definition) is 1. The lowest BCUT2D eigenvalue weighted by Gasteiger charge is -2.21. The molecule has 1 aromatic rings. The van der Waals surface area contributed by atoms with Crippen LogP contribution in [0.3, 0.4) is 0 Å². The highest BCUT2D eigenvalue weighted by molar-refractivity contribution is 5.92. The van der Waals surface area contributed by atoms with Crippen molar-refractivity contribution in [3.8, 4) is 0 Å². The number of benzene rings is 1. The Morgan fingerprint density at radius 3 is 2.30 bits per heavy atom. The van der Waals surface area contributed by atoms with Crippen molar-refractivity contribution in [3.63, 3.8) is 0 Å². The molecule has 2 amide bonds. The van der Waals surface area contributed by atoms with Gasteiger partial charge in [-0.25, -0.2) is 0 Å². The minimum Gasteiger partial charge on any atom is -0.356 e. The fraction of sp³-hybridized carbons (Fsp3) is 0.579. The lowest BCUT2D eigenvalue weighted by molar-refractivity contribution is -0.121. The van der Waals surface area contributed by atoms with Crippen molar-refractivity contribution in [1.29, 1.82) is 0 Å². The minimum absolute atomic E-state index is 0.00570. The summed E-state index contributed by atoms with van der Waals surface area (Å²) in [5, 5.41) is 2.91. The molecule has 23 heavy (non-hydrogen) atoms.